The molecule has 0 spiro atoms. The van der Waals surface area contributed by atoms with E-state index in [0.29, 0.717) is 5.92 Å². The van der Waals surface area contributed by atoms with E-state index in [1.54, 1.807) is 0 Å². The van der Waals surface area contributed by atoms with E-state index in [1.165, 1.54) is 12.8 Å². The molecule has 0 radical (unpaired) electrons. The summed E-state index contributed by atoms with van der Waals surface area (Å²) in [6.45, 7) is 6.21. The molecule has 0 aromatic carbocycles. The van der Waals surface area contributed by atoms with Crippen molar-refractivity contribution in [3.05, 3.63) is 0 Å². The van der Waals surface area contributed by atoms with Crippen molar-refractivity contribution < 1.29 is 22.7 Å². The van der Waals surface area contributed by atoms with Crippen LogP contribution in [0.2, 0.25) is 0 Å². The van der Waals surface area contributed by atoms with Crippen molar-refractivity contribution >= 4 is 60.8 Å². The van der Waals surface area contributed by atoms with Gasteiger partial charge in [-0.15, -0.1) is 0 Å². The van der Waals surface area contributed by atoms with Gasteiger partial charge < -0.3 is 13.1 Å². The van der Waals surface area contributed by atoms with Crippen LogP contribution in [0, 0.1) is 17.8 Å². The average molecular weight is 398 g/mol. The maximum Gasteiger partial charge on any atom is 2.00 e. The first kappa shape index (κ1) is 21.8. The Kier molecular flexibility index (Phi) is 14.1. The molecular weight excluding hydrogens is 369 g/mol. The van der Waals surface area contributed by atoms with Crippen molar-refractivity contribution in [1.29, 1.82) is 0 Å². The van der Waals surface area contributed by atoms with Gasteiger partial charge in [-0.25, -0.2) is 0 Å². The van der Waals surface area contributed by atoms with Gasteiger partial charge in [0.15, 0.2) is 5.92 Å². The summed E-state index contributed by atoms with van der Waals surface area (Å²) in [7, 11) is 0. The van der Waals surface area contributed by atoms with Crippen LogP contribution in [0.25, 0.3) is 0 Å². The number of carbonyl (C=O) groups is 2. The summed E-state index contributed by atoms with van der Waals surface area (Å²) in [4.78, 5) is 21.8. The van der Waals surface area contributed by atoms with Crippen molar-refractivity contribution in [3.63, 3.8) is 0 Å². The number of hydrogen-bond donors (Lipinski definition) is 2. The zero-order chi connectivity index (χ0) is 14.1. The molecule has 1 unspecified atom stereocenters. The van der Waals surface area contributed by atoms with Gasteiger partial charge in [0.2, 0.25) is 0 Å². The van der Waals surface area contributed by atoms with Crippen LogP contribution in [0.4, 0.5) is 0 Å². The van der Waals surface area contributed by atoms with Gasteiger partial charge in [-0.2, -0.15) is 0 Å². The minimum Gasteiger partial charge on any atom is -1.00 e. The van der Waals surface area contributed by atoms with Gasteiger partial charge in [0.1, 0.15) is 0 Å². The van der Waals surface area contributed by atoms with Crippen molar-refractivity contribution in [1.82, 2.24) is 0 Å². The second kappa shape index (κ2) is 12.3. The predicted octanol–water partition coefficient (Wildman–Crippen LogP) is 3.25. The van der Waals surface area contributed by atoms with Gasteiger partial charge in [-0.1, -0.05) is 52.9 Å². The zero-order valence-corrected chi connectivity index (χ0v) is 16.8. The molecule has 0 aliphatic carbocycles. The van der Waals surface area contributed by atoms with E-state index < -0.39 is 17.9 Å². The summed E-state index contributed by atoms with van der Waals surface area (Å²) in [5.74, 6) is -3.20. The first-order valence-electron chi connectivity index (χ1n) is 6.85. The predicted molar refractivity (Wildman–Crippen MR) is 78.4 cm³/mol. The number of aliphatic carboxylic acids is 2. The van der Waals surface area contributed by atoms with E-state index >= 15 is 0 Å². The third kappa shape index (κ3) is 9.96. The Labute approximate surface area is 159 Å². The SMILES string of the molecule is CCCCCCC(CC(C(=O)O)C(=O)O)C(C)C.[Ba+2].[H-].[H-]. The summed E-state index contributed by atoms with van der Waals surface area (Å²) in [6.07, 6.45) is 5.72. The van der Waals surface area contributed by atoms with Gasteiger partial charge in [0.05, 0.1) is 0 Å². The second-order valence-corrected chi connectivity index (χ2v) is 5.32. The summed E-state index contributed by atoms with van der Waals surface area (Å²) >= 11 is 0. The molecule has 4 nitrogen and oxygen atoms in total. The first-order valence-corrected chi connectivity index (χ1v) is 6.85. The fourth-order valence-corrected chi connectivity index (χ4v) is 2.17. The summed E-state index contributed by atoms with van der Waals surface area (Å²) in [5, 5.41) is 17.8. The molecule has 5 heteroatoms. The Morgan fingerprint density at radius 3 is 1.95 bits per heavy atom. The molecule has 0 aliphatic heterocycles. The largest absolute Gasteiger partial charge is 2.00 e. The molecule has 0 heterocycles. The molecule has 0 saturated carbocycles. The Balaban J connectivity index is -0.000000482. The number of unbranched alkanes of at least 4 members (excludes halogenated alkanes) is 3. The minimum atomic E-state index is -1.26. The third-order valence-electron chi connectivity index (χ3n) is 3.51. The van der Waals surface area contributed by atoms with E-state index in [1.807, 2.05) is 13.8 Å². The molecule has 0 saturated heterocycles. The number of carboxylic acids is 2. The normalized spacial score (nSPS) is 12.3. The van der Waals surface area contributed by atoms with E-state index in [2.05, 4.69) is 6.92 Å². The molecule has 0 rings (SSSR count). The molecular formula is C14H28BaO4. The van der Waals surface area contributed by atoms with Crippen molar-refractivity contribution in [3.8, 4) is 0 Å². The maximum atomic E-state index is 10.9. The van der Waals surface area contributed by atoms with Crippen molar-refractivity contribution in [2.45, 2.75) is 59.3 Å². The minimum absolute atomic E-state index is 0. The topological polar surface area (TPSA) is 74.6 Å². The smallest absolute Gasteiger partial charge is 1.00 e. The van der Waals surface area contributed by atoms with Crippen LogP contribution in [0.3, 0.4) is 0 Å². The fraction of sp³-hybridized carbons (Fsp3) is 0.857. The van der Waals surface area contributed by atoms with Gasteiger partial charge in [-0.05, 0) is 18.3 Å². The van der Waals surface area contributed by atoms with Crippen LogP contribution in [0.15, 0.2) is 0 Å². The third-order valence-corrected chi connectivity index (χ3v) is 3.51. The van der Waals surface area contributed by atoms with E-state index in [4.69, 9.17) is 10.2 Å². The maximum absolute atomic E-state index is 10.9. The summed E-state index contributed by atoms with van der Waals surface area (Å²) in [5.41, 5.74) is 0. The molecule has 0 fully saturated rings. The van der Waals surface area contributed by atoms with Crippen molar-refractivity contribution in [2.24, 2.45) is 17.8 Å². The molecule has 0 aromatic rings. The number of rotatable bonds is 10. The van der Waals surface area contributed by atoms with Crippen LogP contribution in [0.5, 0.6) is 0 Å². The Hall–Kier alpha value is 0.511. The van der Waals surface area contributed by atoms with E-state index in [0.717, 1.165) is 19.3 Å². The summed E-state index contributed by atoms with van der Waals surface area (Å²) < 4.78 is 0. The standard InChI is InChI=1S/C14H26O4.Ba.2H/c1-4-5-6-7-8-11(10(2)3)9-12(13(15)16)14(17)18;;;/h10-12H,4-9H2,1-3H3,(H,15,16)(H,17,18);;;/q;+2;2*-1. The zero-order valence-electron chi connectivity index (χ0n) is 14.4. The van der Waals surface area contributed by atoms with Crippen LogP contribution < -0.4 is 0 Å². The van der Waals surface area contributed by atoms with Crippen molar-refractivity contribution in [2.75, 3.05) is 0 Å². The average Bonchev–Trinajstić information content (AvgIpc) is 2.26. The number of carboxylic acid groups (broad SMARTS) is 2. The molecule has 0 bridgehead atoms. The molecule has 110 valence electrons. The first-order chi connectivity index (χ1) is 8.40. The molecule has 0 amide bonds. The Bertz CT molecular complexity index is 262. The Morgan fingerprint density at radius 2 is 1.58 bits per heavy atom. The van der Waals surface area contributed by atoms with Gasteiger partial charge in [0, 0.05) is 0 Å². The van der Waals surface area contributed by atoms with Crippen LogP contribution in [-0.4, -0.2) is 71.0 Å². The summed E-state index contributed by atoms with van der Waals surface area (Å²) in [6, 6.07) is 0. The van der Waals surface area contributed by atoms with Gasteiger partial charge in [0.25, 0.3) is 0 Å². The molecule has 1 atom stereocenters. The van der Waals surface area contributed by atoms with Gasteiger partial charge in [-0.3, -0.25) is 9.59 Å². The Morgan fingerprint density at radius 1 is 1.05 bits per heavy atom. The molecule has 0 aromatic heterocycles. The van der Waals surface area contributed by atoms with E-state index in [-0.39, 0.29) is 64.1 Å². The number of hydrogen-bond acceptors (Lipinski definition) is 2. The molecule has 0 aliphatic rings. The van der Waals surface area contributed by atoms with Crippen LogP contribution in [0.1, 0.15) is 62.1 Å². The van der Waals surface area contributed by atoms with Crippen LogP contribution in [-0.2, 0) is 9.59 Å². The van der Waals surface area contributed by atoms with E-state index in [9.17, 15) is 9.59 Å². The molecule has 19 heavy (non-hydrogen) atoms. The van der Waals surface area contributed by atoms with Gasteiger partial charge >= 0.3 is 60.8 Å². The second-order valence-electron chi connectivity index (χ2n) is 5.32. The van der Waals surface area contributed by atoms with Crippen LogP contribution >= 0.6 is 0 Å². The molecule has 2 N–H and O–H groups in total. The quantitative estimate of drug-likeness (QED) is 0.337. The fourth-order valence-electron chi connectivity index (χ4n) is 2.17. The monoisotopic (exact) mass is 398 g/mol.